The molecule has 0 heterocycles. The summed E-state index contributed by atoms with van der Waals surface area (Å²) in [6, 6.07) is 13.1. The Kier molecular flexibility index (Phi) is 5.85. The normalized spacial score (nSPS) is 11.1. The fourth-order valence-corrected chi connectivity index (χ4v) is 2.12. The molecule has 25 heavy (non-hydrogen) atoms. The first-order valence-corrected chi connectivity index (χ1v) is 7.44. The number of ether oxygens (including phenoxy) is 1. The largest absolute Gasteiger partial charge is 0.435 e. The van der Waals surface area contributed by atoms with Crippen molar-refractivity contribution in [1.29, 1.82) is 5.26 Å². The summed E-state index contributed by atoms with van der Waals surface area (Å²) < 4.78 is 28.5. The van der Waals surface area contributed by atoms with Crippen LogP contribution >= 0.6 is 0 Å². The van der Waals surface area contributed by atoms with Crippen LogP contribution in [0, 0.1) is 25.2 Å². The number of amides is 1. The number of nitriles is 1. The highest BCUT2D eigenvalue weighted by atomic mass is 19.3. The zero-order chi connectivity index (χ0) is 18.4. The molecule has 4 nitrogen and oxygen atoms in total. The van der Waals surface area contributed by atoms with E-state index in [4.69, 9.17) is 0 Å². The van der Waals surface area contributed by atoms with E-state index in [1.807, 2.05) is 38.1 Å². The van der Waals surface area contributed by atoms with Crippen molar-refractivity contribution in [3.8, 4) is 11.8 Å². The van der Waals surface area contributed by atoms with Crippen LogP contribution in [-0.2, 0) is 4.79 Å². The van der Waals surface area contributed by atoms with Crippen LogP contribution in [0.1, 0.15) is 16.7 Å². The van der Waals surface area contributed by atoms with Gasteiger partial charge in [0.05, 0.1) is 0 Å². The van der Waals surface area contributed by atoms with E-state index in [9.17, 15) is 18.8 Å². The molecule has 0 aliphatic rings. The van der Waals surface area contributed by atoms with Crippen molar-refractivity contribution in [2.75, 3.05) is 5.32 Å². The molecule has 0 spiro atoms. The van der Waals surface area contributed by atoms with Crippen LogP contribution in [-0.4, -0.2) is 12.5 Å². The molecule has 0 fully saturated rings. The highest BCUT2D eigenvalue weighted by Crippen LogP contribution is 2.19. The highest BCUT2D eigenvalue weighted by molar-refractivity contribution is 6.10. The molecule has 2 aromatic carbocycles. The van der Waals surface area contributed by atoms with Gasteiger partial charge in [0.1, 0.15) is 17.4 Å². The van der Waals surface area contributed by atoms with E-state index in [1.165, 1.54) is 30.3 Å². The fourth-order valence-electron chi connectivity index (χ4n) is 2.12. The van der Waals surface area contributed by atoms with Gasteiger partial charge in [-0.1, -0.05) is 24.3 Å². The fraction of sp³-hybridized carbons (Fsp3) is 0.158. The Labute approximate surface area is 144 Å². The van der Waals surface area contributed by atoms with Gasteiger partial charge in [0, 0.05) is 5.69 Å². The molecule has 1 amide bonds. The van der Waals surface area contributed by atoms with Crippen LogP contribution in [0.3, 0.4) is 0 Å². The first kappa shape index (κ1) is 18.1. The number of hydrogen-bond acceptors (Lipinski definition) is 3. The van der Waals surface area contributed by atoms with E-state index in [0.29, 0.717) is 11.3 Å². The minimum Gasteiger partial charge on any atom is -0.435 e. The molecular formula is C19H16F2N2O2. The second-order valence-corrected chi connectivity index (χ2v) is 5.39. The minimum atomic E-state index is -2.90. The maximum absolute atomic E-state index is 12.3. The van der Waals surface area contributed by atoms with Crippen molar-refractivity contribution in [2.45, 2.75) is 20.5 Å². The second-order valence-electron chi connectivity index (χ2n) is 5.39. The number of nitrogens with zero attached hydrogens (tertiary/aromatic N) is 1. The molecular weight excluding hydrogens is 326 g/mol. The minimum absolute atomic E-state index is 0.00509. The molecule has 0 aliphatic carbocycles. The van der Waals surface area contributed by atoms with Crippen molar-refractivity contribution in [3.05, 3.63) is 64.7 Å². The third-order valence-corrected chi connectivity index (χ3v) is 3.42. The number of alkyl halides is 2. The first-order chi connectivity index (χ1) is 11.9. The van der Waals surface area contributed by atoms with Gasteiger partial charge >= 0.3 is 6.61 Å². The quantitative estimate of drug-likeness (QED) is 0.645. The number of rotatable bonds is 5. The molecule has 0 bridgehead atoms. The number of aryl methyl sites for hydroxylation is 2. The van der Waals surface area contributed by atoms with E-state index >= 15 is 0 Å². The van der Waals surface area contributed by atoms with Crippen molar-refractivity contribution in [2.24, 2.45) is 0 Å². The lowest BCUT2D eigenvalue weighted by Crippen LogP contribution is -2.14. The Bertz CT molecular complexity index is 837. The van der Waals surface area contributed by atoms with Crippen molar-refractivity contribution >= 4 is 17.7 Å². The molecule has 0 saturated carbocycles. The number of hydrogen-bond donors (Lipinski definition) is 1. The summed E-state index contributed by atoms with van der Waals surface area (Å²) in [5.74, 6) is -0.533. The van der Waals surface area contributed by atoms with Crippen LogP contribution in [0.2, 0.25) is 0 Å². The summed E-state index contributed by atoms with van der Waals surface area (Å²) in [7, 11) is 0. The predicted octanol–water partition coefficient (Wildman–Crippen LogP) is 4.45. The molecule has 6 heteroatoms. The van der Waals surface area contributed by atoms with Gasteiger partial charge in [-0.25, -0.2) is 0 Å². The standard InChI is InChI=1S/C19H16F2N2O2/c1-12-3-4-13(2)17(9-12)23-18(24)15(11-22)10-14-5-7-16(8-6-14)25-19(20)21/h3-10,19H,1-2H3,(H,23,24)/b15-10+. The first-order valence-electron chi connectivity index (χ1n) is 7.44. The average Bonchev–Trinajstić information content (AvgIpc) is 2.57. The molecule has 2 aromatic rings. The summed E-state index contributed by atoms with van der Waals surface area (Å²) in [4.78, 5) is 12.3. The van der Waals surface area contributed by atoms with Crippen LogP contribution in [0.5, 0.6) is 5.75 Å². The maximum Gasteiger partial charge on any atom is 0.387 e. The van der Waals surface area contributed by atoms with Gasteiger partial charge in [-0.15, -0.1) is 0 Å². The van der Waals surface area contributed by atoms with Crippen LogP contribution in [0.15, 0.2) is 48.0 Å². The predicted molar refractivity (Wildman–Crippen MR) is 91.2 cm³/mol. The second kappa shape index (κ2) is 8.06. The Morgan fingerprint density at radius 3 is 2.48 bits per heavy atom. The van der Waals surface area contributed by atoms with E-state index in [-0.39, 0.29) is 11.3 Å². The van der Waals surface area contributed by atoms with Gasteiger partial charge in [0.25, 0.3) is 5.91 Å². The molecule has 0 aromatic heterocycles. The third-order valence-electron chi connectivity index (χ3n) is 3.42. The van der Waals surface area contributed by atoms with Crippen LogP contribution < -0.4 is 10.1 Å². The summed E-state index contributed by atoms with van der Waals surface area (Å²) in [6.45, 7) is 0.852. The number of anilines is 1. The van der Waals surface area contributed by atoms with Crippen LogP contribution in [0.4, 0.5) is 14.5 Å². The van der Waals surface area contributed by atoms with Gasteiger partial charge in [-0.3, -0.25) is 4.79 Å². The molecule has 0 aliphatic heterocycles. The number of carbonyl (C=O) groups excluding carboxylic acids is 1. The molecule has 1 N–H and O–H groups in total. The smallest absolute Gasteiger partial charge is 0.387 e. The lowest BCUT2D eigenvalue weighted by Gasteiger charge is -2.09. The van der Waals surface area contributed by atoms with E-state index in [0.717, 1.165) is 11.1 Å². The summed E-state index contributed by atoms with van der Waals surface area (Å²) >= 11 is 0. The molecule has 0 atom stereocenters. The molecule has 0 unspecified atom stereocenters. The Balaban J connectivity index is 2.17. The zero-order valence-electron chi connectivity index (χ0n) is 13.7. The van der Waals surface area contributed by atoms with E-state index < -0.39 is 12.5 Å². The van der Waals surface area contributed by atoms with E-state index in [2.05, 4.69) is 10.1 Å². The van der Waals surface area contributed by atoms with Gasteiger partial charge in [-0.05, 0) is 54.8 Å². The maximum atomic E-state index is 12.3. The monoisotopic (exact) mass is 342 g/mol. The van der Waals surface area contributed by atoms with Crippen molar-refractivity contribution in [3.63, 3.8) is 0 Å². The Hall–Kier alpha value is -3.20. The van der Waals surface area contributed by atoms with Gasteiger partial charge in [-0.2, -0.15) is 14.0 Å². The summed E-state index contributed by atoms with van der Waals surface area (Å²) in [5, 5.41) is 11.9. The molecule has 0 radical (unpaired) electrons. The number of halogens is 2. The molecule has 2 rings (SSSR count). The van der Waals surface area contributed by atoms with Gasteiger partial charge in [0.15, 0.2) is 0 Å². The van der Waals surface area contributed by atoms with Gasteiger partial charge < -0.3 is 10.1 Å². The van der Waals surface area contributed by atoms with Crippen LogP contribution in [0.25, 0.3) is 6.08 Å². The topological polar surface area (TPSA) is 62.1 Å². The zero-order valence-corrected chi connectivity index (χ0v) is 13.7. The molecule has 128 valence electrons. The average molecular weight is 342 g/mol. The van der Waals surface area contributed by atoms with Gasteiger partial charge in [0.2, 0.25) is 0 Å². The third kappa shape index (κ3) is 5.15. The van der Waals surface area contributed by atoms with Crippen molar-refractivity contribution < 1.29 is 18.3 Å². The Morgan fingerprint density at radius 1 is 1.20 bits per heavy atom. The number of benzene rings is 2. The molecule has 0 saturated heterocycles. The van der Waals surface area contributed by atoms with Crippen molar-refractivity contribution in [1.82, 2.24) is 0 Å². The Morgan fingerprint density at radius 2 is 1.88 bits per heavy atom. The number of carbonyl (C=O) groups is 1. The number of nitrogens with one attached hydrogen (secondary N) is 1. The summed E-state index contributed by atoms with van der Waals surface area (Å²) in [6.07, 6.45) is 1.38. The SMILES string of the molecule is Cc1ccc(C)c(NC(=O)/C(C#N)=C/c2ccc(OC(F)F)cc2)c1. The lowest BCUT2D eigenvalue weighted by atomic mass is 10.1. The summed E-state index contributed by atoms with van der Waals surface area (Å²) in [5.41, 5.74) is 2.92. The van der Waals surface area contributed by atoms with E-state index in [1.54, 1.807) is 0 Å². The highest BCUT2D eigenvalue weighted by Gasteiger charge is 2.11. The lowest BCUT2D eigenvalue weighted by molar-refractivity contribution is -0.112.